The normalized spacial score (nSPS) is 13.8. The van der Waals surface area contributed by atoms with E-state index in [4.69, 9.17) is 23.4 Å². The van der Waals surface area contributed by atoms with Crippen LogP contribution in [0.2, 0.25) is 0 Å². The molecule has 0 N–H and O–H groups in total. The van der Waals surface area contributed by atoms with Gasteiger partial charge >= 0.3 is 0 Å². The number of ether oxygens (including phenoxy) is 4. The van der Waals surface area contributed by atoms with Crippen molar-refractivity contribution in [2.45, 2.75) is 33.3 Å². The smallest absolute Gasteiger partial charge is 0.204 e. The minimum Gasteiger partial charge on any atom is -0.495 e. The van der Waals surface area contributed by atoms with Crippen molar-refractivity contribution >= 4 is 17.0 Å². The fourth-order valence-corrected chi connectivity index (χ4v) is 3.75. The Bertz CT molecular complexity index is 1320. The van der Waals surface area contributed by atoms with Crippen molar-refractivity contribution in [1.29, 1.82) is 0 Å². The zero-order chi connectivity index (χ0) is 23.8. The van der Waals surface area contributed by atoms with E-state index in [0.717, 1.165) is 5.56 Å². The van der Waals surface area contributed by atoms with Crippen LogP contribution in [-0.4, -0.2) is 26.4 Å². The van der Waals surface area contributed by atoms with Crippen LogP contribution in [0.15, 0.2) is 57.5 Å². The number of benzene rings is 2. The van der Waals surface area contributed by atoms with Crippen molar-refractivity contribution in [3.8, 4) is 34.1 Å². The molecule has 172 valence electrons. The second-order valence-corrected chi connectivity index (χ2v) is 8.67. The minimum atomic E-state index is -0.460. The number of rotatable bonds is 6. The summed E-state index contributed by atoms with van der Waals surface area (Å²) < 4.78 is 28.9. The van der Waals surface area contributed by atoms with Gasteiger partial charge in [0.2, 0.25) is 5.43 Å². The highest BCUT2D eigenvalue weighted by Crippen LogP contribution is 2.42. The molecular formula is C27H28O6. The molecule has 1 aliphatic rings. The summed E-state index contributed by atoms with van der Waals surface area (Å²) in [6, 6.07) is 7.12. The van der Waals surface area contributed by atoms with E-state index >= 15 is 0 Å². The summed E-state index contributed by atoms with van der Waals surface area (Å²) in [4.78, 5) is 13.6. The van der Waals surface area contributed by atoms with Crippen molar-refractivity contribution < 1.29 is 23.4 Å². The Morgan fingerprint density at radius 3 is 2.58 bits per heavy atom. The third-order valence-electron chi connectivity index (χ3n) is 5.45. The number of allylic oxidation sites excluding steroid dienone is 1. The lowest BCUT2D eigenvalue weighted by Crippen LogP contribution is -2.27. The average molecular weight is 449 g/mol. The molecule has 0 saturated heterocycles. The van der Waals surface area contributed by atoms with Crippen molar-refractivity contribution in [3.05, 3.63) is 64.0 Å². The third-order valence-corrected chi connectivity index (χ3v) is 5.45. The summed E-state index contributed by atoms with van der Waals surface area (Å²) in [5, 5.41) is 0.365. The van der Waals surface area contributed by atoms with Gasteiger partial charge in [0.25, 0.3) is 0 Å². The fraction of sp³-hybridized carbons (Fsp3) is 0.296. The summed E-state index contributed by atoms with van der Waals surface area (Å²) >= 11 is 0. The molecule has 33 heavy (non-hydrogen) atoms. The maximum absolute atomic E-state index is 13.6. The first-order valence-corrected chi connectivity index (χ1v) is 10.7. The van der Waals surface area contributed by atoms with Crippen LogP contribution in [0.4, 0.5) is 0 Å². The van der Waals surface area contributed by atoms with Gasteiger partial charge in [-0.1, -0.05) is 11.6 Å². The summed E-state index contributed by atoms with van der Waals surface area (Å²) in [6.45, 7) is 8.38. The highest BCUT2D eigenvalue weighted by Gasteiger charge is 2.27. The molecule has 0 amide bonds. The Kier molecular flexibility index (Phi) is 5.93. The second-order valence-electron chi connectivity index (χ2n) is 8.67. The molecule has 0 atom stereocenters. The van der Waals surface area contributed by atoms with Crippen LogP contribution in [0.5, 0.6) is 23.0 Å². The quantitative estimate of drug-likeness (QED) is 0.431. The lowest BCUT2D eigenvalue weighted by molar-refractivity contribution is 0.158. The molecule has 0 bridgehead atoms. The van der Waals surface area contributed by atoms with Crippen molar-refractivity contribution in [3.63, 3.8) is 0 Å². The van der Waals surface area contributed by atoms with Crippen LogP contribution in [0, 0.1) is 0 Å². The number of fused-ring (bicyclic) bond motifs is 2. The van der Waals surface area contributed by atoms with Gasteiger partial charge in [-0.2, -0.15) is 0 Å². The van der Waals surface area contributed by atoms with Crippen LogP contribution in [-0.2, 0) is 0 Å². The van der Waals surface area contributed by atoms with Gasteiger partial charge in [-0.25, -0.2) is 0 Å². The summed E-state index contributed by atoms with van der Waals surface area (Å²) in [6.07, 6.45) is 7.30. The lowest BCUT2D eigenvalue weighted by Gasteiger charge is -2.28. The third kappa shape index (κ3) is 4.33. The monoisotopic (exact) mass is 448 g/mol. The van der Waals surface area contributed by atoms with E-state index in [1.54, 1.807) is 25.3 Å². The summed E-state index contributed by atoms with van der Waals surface area (Å²) in [5.41, 5.74) is 2.68. The molecule has 0 fully saturated rings. The number of methoxy groups -OCH3 is 2. The molecule has 6 heteroatoms. The van der Waals surface area contributed by atoms with Crippen LogP contribution < -0.4 is 24.4 Å². The molecule has 4 rings (SSSR count). The Hall–Kier alpha value is -3.67. The van der Waals surface area contributed by atoms with E-state index < -0.39 is 5.60 Å². The average Bonchev–Trinajstić information content (AvgIpc) is 2.77. The van der Waals surface area contributed by atoms with Crippen LogP contribution in [0.1, 0.15) is 33.3 Å². The molecule has 2 heterocycles. The molecule has 0 unspecified atom stereocenters. The first-order chi connectivity index (χ1) is 15.7. The molecule has 3 aromatic rings. The van der Waals surface area contributed by atoms with Crippen LogP contribution in [0.3, 0.4) is 0 Å². The molecule has 0 aliphatic carbocycles. The van der Waals surface area contributed by atoms with E-state index in [0.29, 0.717) is 51.7 Å². The summed E-state index contributed by atoms with van der Waals surface area (Å²) in [7, 11) is 3.11. The summed E-state index contributed by atoms with van der Waals surface area (Å²) in [5.74, 6) is 2.17. The first kappa shape index (κ1) is 22.5. The Morgan fingerprint density at radius 2 is 1.88 bits per heavy atom. The highest BCUT2D eigenvalue weighted by atomic mass is 16.5. The van der Waals surface area contributed by atoms with Crippen molar-refractivity contribution in [2.75, 3.05) is 20.8 Å². The van der Waals surface area contributed by atoms with Gasteiger partial charge in [0.1, 0.15) is 40.9 Å². The number of hydrogen-bond donors (Lipinski definition) is 0. The molecule has 1 aromatic heterocycles. The Labute approximate surface area is 193 Å². The maximum atomic E-state index is 13.6. The Morgan fingerprint density at radius 1 is 1.09 bits per heavy atom. The van der Waals surface area contributed by atoms with E-state index in [1.165, 1.54) is 18.9 Å². The minimum absolute atomic E-state index is 0.200. The zero-order valence-corrected chi connectivity index (χ0v) is 19.8. The van der Waals surface area contributed by atoms with Gasteiger partial charge in [-0.05, 0) is 63.6 Å². The molecule has 0 radical (unpaired) electrons. The van der Waals surface area contributed by atoms with Crippen LogP contribution >= 0.6 is 0 Å². The standard InChI is InChI=1S/C27H28O6/c1-16(2)10-12-31-20-8-7-17(13-22(20)29-5)19-15-32-23-14-21-18(9-11-27(3,4)33-21)26(30-6)24(23)25(19)28/h7-11,13-15H,12H2,1-6H3. The van der Waals surface area contributed by atoms with E-state index in [-0.39, 0.29) is 5.43 Å². The van der Waals surface area contributed by atoms with Crippen LogP contribution in [0.25, 0.3) is 28.2 Å². The van der Waals surface area contributed by atoms with E-state index in [2.05, 4.69) is 0 Å². The van der Waals surface area contributed by atoms with Gasteiger partial charge in [0, 0.05) is 6.07 Å². The molecule has 2 aromatic carbocycles. The van der Waals surface area contributed by atoms with Crippen molar-refractivity contribution in [2.24, 2.45) is 0 Å². The predicted octanol–water partition coefficient (Wildman–Crippen LogP) is 6.01. The second kappa shape index (κ2) is 8.70. The molecule has 6 nitrogen and oxygen atoms in total. The lowest BCUT2D eigenvalue weighted by atomic mass is 9.98. The van der Waals surface area contributed by atoms with Gasteiger partial charge in [0.15, 0.2) is 11.5 Å². The largest absolute Gasteiger partial charge is 0.495 e. The fourth-order valence-electron chi connectivity index (χ4n) is 3.75. The highest BCUT2D eigenvalue weighted by molar-refractivity contribution is 5.93. The molecule has 1 aliphatic heterocycles. The molecule has 0 saturated carbocycles. The topological polar surface area (TPSA) is 67.1 Å². The van der Waals surface area contributed by atoms with Gasteiger partial charge in [-0.3, -0.25) is 4.79 Å². The number of hydrogen-bond acceptors (Lipinski definition) is 6. The van der Waals surface area contributed by atoms with Gasteiger partial charge in [-0.15, -0.1) is 0 Å². The van der Waals surface area contributed by atoms with Gasteiger partial charge < -0.3 is 23.4 Å². The SMILES string of the molecule is COc1cc(-c2coc3cc4c(c(OC)c3c2=O)C=CC(C)(C)O4)ccc1OCC=C(C)C. The predicted molar refractivity (Wildman–Crippen MR) is 130 cm³/mol. The van der Waals surface area contributed by atoms with Gasteiger partial charge in [0.05, 0.1) is 25.3 Å². The molecular weight excluding hydrogens is 420 g/mol. The van der Waals surface area contributed by atoms with E-state index in [9.17, 15) is 4.79 Å². The maximum Gasteiger partial charge on any atom is 0.204 e. The van der Waals surface area contributed by atoms with E-state index in [1.807, 2.05) is 52.0 Å². The zero-order valence-electron chi connectivity index (χ0n) is 19.8. The first-order valence-electron chi connectivity index (χ1n) is 10.7. The molecule has 0 spiro atoms. The Balaban J connectivity index is 1.82. The van der Waals surface area contributed by atoms with Crippen molar-refractivity contribution in [1.82, 2.24) is 0 Å².